The zero-order valence-electron chi connectivity index (χ0n) is 28.0. The van der Waals surface area contributed by atoms with Crippen LogP contribution >= 0.6 is 21.6 Å². The van der Waals surface area contributed by atoms with E-state index in [1.807, 2.05) is 24.3 Å². The van der Waals surface area contributed by atoms with Crippen LogP contribution in [0.15, 0.2) is 150 Å². The van der Waals surface area contributed by atoms with Gasteiger partial charge in [-0.2, -0.15) is 0 Å². The number of rotatable bonds is 4. The zero-order chi connectivity index (χ0) is 36.2. The van der Waals surface area contributed by atoms with Gasteiger partial charge < -0.3 is 0 Å². The molecule has 0 saturated carbocycles. The van der Waals surface area contributed by atoms with Crippen molar-refractivity contribution in [2.75, 3.05) is 0 Å². The van der Waals surface area contributed by atoms with E-state index in [2.05, 4.69) is 84.9 Å². The van der Waals surface area contributed by atoms with E-state index in [-0.39, 0.29) is 16.7 Å². The fourth-order valence-corrected chi connectivity index (χ4v) is 11.0. The van der Waals surface area contributed by atoms with Crippen LogP contribution in [0.4, 0.5) is 19.4 Å². The fraction of sp³-hybridized carbons (Fsp3) is 0.0435. The van der Waals surface area contributed by atoms with Crippen LogP contribution in [-0.2, 0) is 0 Å². The summed E-state index contributed by atoms with van der Waals surface area (Å²) in [6.45, 7) is 0. The molecule has 0 N–H and O–H groups in total. The molecule has 1 aromatic heterocycles. The summed E-state index contributed by atoms with van der Waals surface area (Å²) in [7, 11) is -10.1. The van der Waals surface area contributed by atoms with Crippen molar-refractivity contribution < 1.29 is 19.4 Å². The van der Waals surface area contributed by atoms with E-state index in [9.17, 15) is 19.4 Å². The van der Waals surface area contributed by atoms with Crippen LogP contribution in [-0.4, -0.2) is 0 Å². The molecule has 0 nitrogen and oxygen atoms in total. The number of thiophene rings is 1. The van der Waals surface area contributed by atoms with Crippen LogP contribution in [0.3, 0.4) is 0 Å². The summed E-state index contributed by atoms with van der Waals surface area (Å²) in [4.78, 5) is -1.82. The summed E-state index contributed by atoms with van der Waals surface area (Å²) >= 11 is 1.65. The monoisotopic (exact) mass is 740 g/mol. The Morgan fingerprint density at radius 3 is 1.53 bits per heavy atom. The second kappa shape index (κ2) is 10.8. The molecule has 260 valence electrons. The van der Waals surface area contributed by atoms with Gasteiger partial charge in [-0.1, -0.05) is 171 Å². The molecule has 0 bridgehead atoms. The fourth-order valence-electron chi connectivity index (χ4n) is 8.69. The van der Waals surface area contributed by atoms with Crippen molar-refractivity contribution in [1.29, 1.82) is 0 Å². The van der Waals surface area contributed by atoms with E-state index in [0.717, 1.165) is 37.4 Å². The molecule has 8 aromatic carbocycles. The highest BCUT2D eigenvalue weighted by atomic mass is 32.5. The van der Waals surface area contributed by atoms with E-state index in [0.29, 0.717) is 5.56 Å². The number of hydrogen-bond acceptors (Lipinski definition) is 1. The maximum Gasteiger partial charge on any atom is 0.311 e. The quantitative estimate of drug-likeness (QED) is 0.124. The average Bonchev–Trinajstić information content (AvgIpc) is 3.53. The predicted octanol–water partition coefficient (Wildman–Crippen LogP) is 14.3. The lowest BCUT2D eigenvalue weighted by atomic mass is 9.81. The largest absolute Gasteiger partial charge is 0.311 e. The minimum Gasteiger partial charge on any atom is -0.136 e. The number of halogens is 5. The second-order valence-corrected chi connectivity index (χ2v) is 17.2. The zero-order valence-corrected chi connectivity index (χ0v) is 29.6. The number of hydrogen-bond donors (Lipinski definition) is 0. The van der Waals surface area contributed by atoms with Gasteiger partial charge in [-0.05, 0) is 77.8 Å². The Morgan fingerprint density at radius 2 is 0.981 bits per heavy atom. The summed E-state index contributed by atoms with van der Waals surface area (Å²) in [5, 5.41) is 5.92. The minimum atomic E-state index is -10.1. The van der Waals surface area contributed by atoms with Crippen molar-refractivity contribution in [2.24, 2.45) is 0 Å². The van der Waals surface area contributed by atoms with Gasteiger partial charge in [0.05, 0.1) is 0 Å². The van der Waals surface area contributed by atoms with Crippen LogP contribution in [0.2, 0.25) is 0 Å². The molecule has 1 atom stereocenters. The highest BCUT2D eigenvalue weighted by Crippen LogP contribution is 3.03. The highest BCUT2D eigenvalue weighted by molar-refractivity contribution is 8.46. The Labute approximate surface area is 305 Å². The van der Waals surface area contributed by atoms with Gasteiger partial charge in [-0.15, -0.1) is 11.3 Å². The Bertz CT molecular complexity index is 3020. The first-order valence-electron chi connectivity index (χ1n) is 17.4. The Balaban J connectivity index is 1.29. The van der Waals surface area contributed by atoms with Crippen LogP contribution in [0.5, 0.6) is 0 Å². The SMILES string of the molecule is FS(F)(F)(F)(F)c1c2ccccc2c(-c2cccc3sc4c(c23)=CC(c2c3ccccc3c(-c3ccccc3)c3ccccc23)CC=4)c2ccccc12. The van der Waals surface area contributed by atoms with Crippen LogP contribution in [0.1, 0.15) is 17.9 Å². The molecule has 0 amide bonds. The molecule has 0 fully saturated rings. The molecule has 0 spiro atoms. The lowest BCUT2D eigenvalue weighted by Gasteiger charge is -2.42. The molecule has 0 saturated heterocycles. The van der Waals surface area contributed by atoms with Crippen molar-refractivity contribution in [3.63, 3.8) is 0 Å². The summed E-state index contributed by atoms with van der Waals surface area (Å²) in [5.74, 6) is -0.00281. The molecular formula is C46H29F5S2. The molecule has 9 aromatic rings. The molecule has 1 unspecified atom stereocenters. The van der Waals surface area contributed by atoms with Crippen LogP contribution in [0, 0.1) is 0 Å². The summed E-state index contributed by atoms with van der Waals surface area (Å²) < 4.78 is 76.6. The standard InChI is InChI=1S/C46H29F5S2/c47-53(48,49,50,51)46-36-21-10-8-19-34(36)44(35-20-9-11-22-37(35)46)38-23-12-24-41-45(38)39-27-29(25-26-40(39)52-41)43-32-17-6-4-15-30(32)42(28-13-2-1-3-14-28)31-16-5-7-18-33(31)43/h1-24,26-27,29H,25H2. The highest BCUT2D eigenvalue weighted by Gasteiger charge is 2.67. The maximum absolute atomic E-state index is 14.9. The summed E-state index contributed by atoms with van der Waals surface area (Å²) in [5.41, 5.74) is 4.81. The number of benzene rings is 8. The van der Waals surface area contributed by atoms with E-state index in [4.69, 9.17) is 0 Å². The van der Waals surface area contributed by atoms with E-state index in [1.165, 1.54) is 69.1 Å². The van der Waals surface area contributed by atoms with E-state index in [1.54, 1.807) is 23.5 Å². The van der Waals surface area contributed by atoms with E-state index >= 15 is 0 Å². The third-order valence-electron chi connectivity index (χ3n) is 10.6. The van der Waals surface area contributed by atoms with Crippen LogP contribution < -0.4 is 9.75 Å². The average molecular weight is 741 g/mol. The van der Waals surface area contributed by atoms with Gasteiger partial charge in [0.2, 0.25) is 0 Å². The molecule has 1 aliphatic rings. The van der Waals surface area contributed by atoms with Crippen molar-refractivity contribution in [3.8, 4) is 22.3 Å². The molecule has 0 radical (unpaired) electrons. The van der Waals surface area contributed by atoms with Gasteiger partial charge in [-0.3, -0.25) is 0 Å². The third kappa shape index (κ3) is 5.02. The Kier molecular flexibility index (Phi) is 6.54. The van der Waals surface area contributed by atoms with Crippen molar-refractivity contribution in [3.05, 3.63) is 161 Å². The third-order valence-corrected chi connectivity index (χ3v) is 13.0. The first kappa shape index (κ1) is 32.2. The van der Waals surface area contributed by atoms with Crippen LogP contribution in [0.25, 0.3) is 87.6 Å². The molecule has 0 aliphatic heterocycles. The normalized spacial score (nSPS) is 16.0. The Morgan fingerprint density at radius 1 is 0.491 bits per heavy atom. The molecule has 7 heteroatoms. The first-order chi connectivity index (χ1) is 25.5. The predicted molar refractivity (Wildman–Crippen MR) is 216 cm³/mol. The molecule has 1 aliphatic carbocycles. The van der Waals surface area contributed by atoms with Crippen molar-refractivity contribution in [1.82, 2.24) is 0 Å². The Hall–Kier alpha value is -5.50. The smallest absolute Gasteiger partial charge is 0.136 e. The molecule has 53 heavy (non-hydrogen) atoms. The first-order valence-corrected chi connectivity index (χ1v) is 20.1. The van der Waals surface area contributed by atoms with E-state index < -0.39 is 25.9 Å². The lowest BCUT2D eigenvalue weighted by molar-refractivity contribution is 0.367. The second-order valence-electron chi connectivity index (χ2n) is 13.8. The van der Waals surface area contributed by atoms with Gasteiger partial charge >= 0.3 is 10.2 Å². The molecule has 1 heterocycles. The number of fused-ring (bicyclic) bond motifs is 7. The topological polar surface area (TPSA) is 0 Å². The summed E-state index contributed by atoms with van der Waals surface area (Å²) in [6.07, 6.45) is 5.37. The van der Waals surface area contributed by atoms with Gasteiger partial charge in [0.15, 0.2) is 0 Å². The van der Waals surface area contributed by atoms with Gasteiger partial charge in [0, 0.05) is 31.3 Å². The van der Waals surface area contributed by atoms with Gasteiger partial charge in [0.25, 0.3) is 0 Å². The van der Waals surface area contributed by atoms with Crippen molar-refractivity contribution in [2.45, 2.75) is 17.2 Å². The van der Waals surface area contributed by atoms with Crippen molar-refractivity contribution >= 4 is 86.9 Å². The van der Waals surface area contributed by atoms with Gasteiger partial charge in [-0.25, -0.2) is 0 Å². The molecule has 10 rings (SSSR count). The molecular weight excluding hydrogens is 712 g/mol. The minimum absolute atomic E-state index is 0.00281. The summed E-state index contributed by atoms with van der Waals surface area (Å²) in [6, 6.07) is 44.8. The van der Waals surface area contributed by atoms with Gasteiger partial charge in [0.1, 0.15) is 4.90 Å². The lowest BCUT2D eigenvalue weighted by Crippen LogP contribution is -2.24. The maximum atomic E-state index is 14.9.